The first kappa shape index (κ1) is 27.7. The minimum atomic E-state index is -3.41. The largest absolute Gasteiger partial charge is 0.484 e. The molecule has 0 aromatic heterocycles. The zero-order chi connectivity index (χ0) is 23.7. The molecule has 3 atom stereocenters. The average molecular weight is 575 g/mol. The van der Waals surface area contributed by atoms with Crippen LogP contribution in [0.25, 0.3) is 0 Å². The maximum atomic E-state index is 6.89. The molecule has 3 unspecified atom stereocenters. The van der Waals surface area contributed by atoms with E-state index in [1.54, 1.807) is 7.11 Å². The van der Waals surface area contributed by atoms with Crippen molar-refractivity contribution in [1.29, 1.82) is 0 Å². The molecule has 0 spiro atoms. The van der Waals surface area contributed by atoms with E-state index in [1.165, 1.54) is 0 Å². The van der Waals surface area contributed by atoms with E-state index < -0.39 is 62.6 Å². The number of hydrogen-bond donors (Lipinski definition) is 0. The number of fused-ring (bicyclic) bond motifs is 6. The van der Waals surface area contributed by atoms with Crippen LogP contribution < -0.4 is 0 Å². The van der Waals surface area contributed by atoms with E-state index in [2.05, 4.69) is 13.8 Å². The van der Waals surface area contributed by atoms with Crippen molar-refractivity contribution in [1.82, 2.24) is 0 Å². The van der Waals surface area contributed by atoms with Crippen LogP contribution in [0.4, 0.5) is 0 Å². The third-order valence-corrected chi connectivity index (χ3v) is 32.9. The molecule has 4 bridgehead atoms. The fourth-order valence-corrected chi connectivity index (χ4v) is 38.2. The first-order valence-corrected chi connectivity index (χ1v) is 24.4. The molecule has 0 amide bonds. The van der Waals surface area contributed by atoms with Crippen molar-refractivity contribution >= 4 is 62.6 Å². The molecule has 0 aromatic rings. The predicted octanol–water partition coefficient (Wildman–Crippen LogP) is 3.63. The van der Waals surface area contributed by atoms with E-state index in [0.717, 1.165) is 6.04 Å². The molecule has 186 valence electrons. The standard InChI is InChI=1S/C15H38O10Si7/c1-9-26-17-28(11-3,16-8)21-32(15-7)24-30(13-5)19-27(10-2)20-31(14-6,25-32)23-29(12-4,18-26)22-30/h9-15H2,1-8H3. The smallest absolute Gasteiger partial charge is 0.393 e. The molecule has 0 aliphatic carbocycles. The van der Waals surface area contributed by atoms with Gasteiger partial charge in [-0.25, -0.2) is 0 Å². The molecule has 0 saturated carbocycles. The summed E-state index contributed by atoms with van der Waals surface area (Å²) in [6.45, 7) is 14.2. The van der Waals surface area contributed by atoms with E-state index in [1.807, 2.05) is 34.6 Å². The summed E-state index contributed by atoms with van der Waals surface area (Å²) < 4.78 is 66.8. The van der Waals surface area contributed by atoms with Gasteiger partial charge in [-0.1, -0.05) is 48.5 Å². The first-order valence-electron chi connectivity index (χ1n) is 11.7. The lowest BCUT2D eigenvalue weighted by molar-refractivity contribution is 0.0330. The summed E-state index contributed by atoms with van der Waals surface area (Å²) in [5.74, 6) is 0. The second kappa shape index (κ2) is 10.6. The van der Waals surface area contributed by atoms with Crippen LogP contribution in [0.2, 0.25) is 42.3 Å². The molecule has 5 aliphatic heterocycles. The number of hydrogen-bond acceptors (Lipinski definition) is 10. The van der Waals surface area contributed by atoms with Gasteiger partial charge in [0.05, 0.1) is 0 Å². The summed E-state index contributed by atoms with van der Waals surface area (Å²) in [6.07, 6.45) is 0. The summed E-state index contributed by atoms with van der Waals surface area (Å²) in [4.78, 5) is 0. The van der Waals surface area contributed by atoms with Gasteiger partial charge in [0, 0.05) is 37.3 Å². The normalized spacial score (nSPS) is 43.9. The highest BCUT2D eigenvalue weighted by molar-refractivity contribution is 6.96. The Bertz CT molecular complexity index is 613. The van der Waals surface area contributed by atoms with Gasteiger partial charge in [-0.15, -0.1) is 0 Å². The Morgan fingerprint density at radius 3 is 1.19 bits per heavy atom. The maximum Gasteiger partial charge on any atom is 0.484 e. The van der Waals surface area contributed by atoms with Crippen LogP contribution in [0, 0.1) is 0 Å². The summed E-state index contributed by atoms with van der Waals surface area (Å²) >= 11 is 0. The second-order valence-electron chi connectivity index (χ2n) is 7.76. The SMILES string of the molecule is CC[Si]1O[Si](CC)(OC)O[Si]2(CC)O[Si]3(CC)O[Si](CC)O[Si](CC)(O[Si](CC)(O1)O3)O2. The van der Waals surface area contributed by atoms with Crippen LogP contribution in [0.3, 0.4) is 0 Å². The maximum absolute atomic E-state index is 6.89. The molecule has 32 heavy (non-hydrogen) atoms. The zero-order valence-electron chi connectivity index (χ0n) is 20.5. The highest BCUT2D eigenvalue weighted by atomic mass is 28.6. The molecule has 0 aromatic carbocycles. The van der Waals surface area contributed by atoms with E-state index in [0.29, 0.717) is 36.3 Å². The molecule has 17 heteroatoms. The van der Waals surface area contributed by atoms with E-state index in [-0.39, 0.29) is 0 Å². The highest BCUT2D eigenvalue weighted by Gasteiger charge is 2.72. The molecule has 0 N–H and O–H groups in total. The summed E-state index contributed by atoms with van der Waals surface area (Å²) in [5.41, 5.74) is 0. The molecular weight excluding hydrogens is 537 g/mol. The quantitative estimate of drug-likeness (QED) is 0.400. The Morgan fingerprint density at radius 2 is 0.875 bits per heavy atom. The van der Waals surface area contributed by atoms with Crippen molar-refractivity contribution in [2.45, 2.75) is 90.8 Å². The zero-order valence-corrected chi connectivity index (χ0v) is 27.5. The number of rotatable bonds is 8. The average Bonchev–Trinajstić information content (AvgIpc) is 2.79. The Hall–Kier alpha value is 1.12. The van der Waals surface area contributed by atoms with Gasteiger partial charge >= 0.3 is 62.6 Å². The molecule has 5 heterocycles. The molecule has 10 nitrogen and oxygen atoms in total. The molecule has 5 saturated heterocycles. The van der Waals surface area contributed by atoms with Gasteiger partial charge < -0.3 is 41.5 Å². The fraction of sp³-hybridized carbons (Fsp3) is 1.00. The van der Waals surface area contributed by atoms with Crippen molar-refractivity contribution in [3.8, 4) is 0 Å². The lowest BCUT2D eigenvalue weighted by Crippen LogP contribution is -2.79. The Morgan fingerprint density at radius 1 is 0.500 bits per heavy atom. The van der Waals surface area contributed by atoms with Crippen molar-refractivity contribution < 1.29 is 41.5 Å². The van der Waals surface area contributed by atoms with Crippen LogP contribution >= 0.6 is 0 Å². The van der Waals surface area contributed by atoms with E-state index in [4.69, 9.17) is 41.5 Å². The third kappa shape index (κ3) is 5.28. The minimum Gasteiger partial charge on any atom is -0.393 e. The molecule has 5 aliphatic rings. The topological polar surface area (TPSA) is 92.3 Å². The summed E-state index contributed by atoms with van der Waals surface area (Å²) in [5, 5.41) is 0. The third-order valence-electron chi connectivity index (χ3n) is 5.69. The van der Waals surface area contributed by atoms with E-state index >= 15 is 0 Å². The van der Waals surface area contributed by atoms with Crippen molar-refractivity contribution in [3.63, 3.8) is 0 Å². The van der Waals surface area contributed by atoms with Gasteiger partial charge in [0.15, 0.2) is 0 Å². The second-order valence-corrected chi connectivity index (χ2v) is 28.8. The Kier molecular flexibility index (Phi) is 9.19. The first-order chi connectivity index (χ1) is 15.2. The minimum absolute atomic E-state index is 0.515. The van der Waals surface area contributed by atoms with Crippen LogP contribution in [0.5, 0.6) is 0 Å². The molecular formula is C15H38O10Si7. The van der Waals surface area contributed by atoms with Crippen molar-refractivity contribution in [3.05, 3.63) is 0 Å². The summed E-state index contributed by atoms with van der Waals surface area (Å²) in [7, 11) is -18.4. The fourth-order valence-electron chi connectivity index (χ4n) is 3.72. The van der Waals surface area contributed by atoms with Crippen LogP contribution in [-0.4, -0.2) is 69.7 Å². The Balaban J connectivity index is 2.27. The van der Waals surface area contributed by atoms with Crippen LogP contribution in [0.1, 0.15) is 48.5 Å². The van der Waals surface area contributed by atoms with Crippen LogP contribution in [0.15, 0.2) is 0 Å². The lowest BCUT2D eigenvalue weighted by atomic mass is 11.0. The van der Waals surface area contributed by atoms with Gasteiger partial charge in [0.2, 0.25) is 0 Å². The Labute approximate surface area is 201 Å². The van der Waals surface area contributed by atoms with Gasteiger partial charge in [-0.2, -0.15) is 0 Å². The van der Waals surface area contributed by atoms with Gasteiger partial charge in [0.1, 0.15) is 0 Å². The lowest BCUT2D eigenvalue weighted by Gasteiger charge is -2.55. The predicted molar refractivity (Wildman–Crippen MR) is 130 cm³/mol. The molecule has 2 radical (unpaired) electrons. The molecule has 5 rings (SSSR count). The van der Waals surface area contributed by atoms with Gasteiger partial charge in [-0.3, -0.25) is 0 Å². The van der Waals surface area contributed by atoms with Crippen molar-refractivity contribution in [2.24, 2.45) is 0 Å². The molecule has 5 fully saturated rings. The summed E-state index contributed by atoms with van der Waals surface area (Å²) in [6, 6.07) is 4.18. The monoisotopic (exact) mass is 574 g/mol. The van der Waals surface area contributed by atoms with Gasteiger partial charge in [0.25, 0.3) is 0 Å². The van der Waals surface area contributed by atoms with E-state index in [9.17, 15) is 0 Å². The van der Waals surface area contributed by atoms with Crippen LogP contribution in [-0.2, 0) is 41.5 Å². The van der Waals surface area contributed by atoms with Crippen molar-refractivity contribution in [2.75, 3.05) is 7.11 Å². The highest BCUT2D eigenvalue weighted by Crippen LogP contribution is 2.44. The van der Waals surface area contributed by atoms with Gasteiger partial charge in [-0.05, 0) is 12.1 Å².